The van der Waals surface area contributed by atoms with E-state index < -0.39 is 0 Å². The van der Waals surface area contributed by atoms with Gasteiger partial charge in [-0.2, -0.15) is 16.3 Å². The topological polar surface area (TPSA) is 82.5 Å². The Labute approximate surface area is 145 Å². The summed E-state index contributed by atoms with van der Waals surface area (Å²) in [6.07, 6.45) is 4.89. The third kappa shape index (κ3) is 2.83. The minimum absolute atomic E-state index is 0.119. The van der Waals surface area contributed by atoms with Crippen LogP contribution in [-0.2, 0) is 7.05 Å². The van der Waals surface area contributed by atoms with E-state index in [-0.39, 0.29) is 5.25 Å². The van der Waals surface area contributed by atoms with Crippen molar-refractivity contribution in [1.82, 2.24) is 29.9 Å². The molecule has 0 N–H and O–H groups in total. The largest absolute Gasteiger partial charge is 0.338 e. The number of thiophene rings is 1. The first-order chi connectivity index (χ1) is 11.8. The molecule has 4 aromatic heterocycles. The molecular formula is C15H12N6OS2. The molecule has 4 heterocycles. The number of hydrogen-bond donors (Lipinski definition) is 0. The lowest BCUT2D eigenvalue weighted by atomic mass is 10.2. The van der Waals surface area contributed by atoms with Crippen LogP contribution in [0, 0.1) is 0 Å². The zero-order valence-electron chi connectivity index (χ0n) is 12.6. The van der Waals surface area contributed by atoms with Crippen LogP contribution in [-0.4, -0.2) is 29.9 Å². The molecule has 0 radical (unpaired) electrons. The van der Waals surface area contributed by atoms with Crippen LogP contribution in [0.25, 0.3) is 11.4 Å². The number of aromatic nitrogens is 6. The fourth-order valence-electron chi connectivity index (χ4n) is 2.26. The Bertz CT molecular complexity index is 871. The Morgan fingerprint density at radius 2 is 2.08 bits per heavy atom. The molecule has 0 aliphatic heterocycles. The van der Waals surface area contributed by atoms with Crippen LogP contribution in [0.1, 0.15) is 16.7 Å². The molecular weight excluding hydrogens is 344 g/mol. The third-order valence-electron chi connectivity index (χ3n) is 3.45. The zero-order chi connectivity index (χ0) is 16.4. The van der Waals surface area contributed by atoms with Gasteiger partial charge in [-0.15, -0.1) is 10.2 Å². The second-order valence-corrected chi connectivity index (χ2v) is 6.79. The van der Waals surface area contributed by atoms with Gasteiger partial charge in [-0.3, -0.25) is 4.98 Å². The molecule has 0 aliphatic carbocycles. The lowest BCUT2D eigenvalue weighted by Crippen LogP contribution is -2.00. The van der Waals surface area contributed by atoms with Crippen molar-refractivity contribution in [1.29, 1.82) is 0 Å². The van der Waals surface area contributed by atoms with E-state index in [4.69, 9.17) is 4.52 Å². The van der Waals surface area contributed by atoms with Crippen LogP contribution < -0.4 is 0 Å². The highest BCUT2D eigenvalue weighted by atomic mass is 32.2. The SMILES string of the molecule is Cn1c(SC(c2ccsc2)c2ncno2)nnc1-c1ccncc1. The molecule has 1 atom stereocenters. The van der Waals surface area contributed by atoms with Gasteiger partial charge >= 0.3 is 0 Å². The standard InChI is InChI=1S/C15H12N6OS2/c1-21-13(10-2-5-16-6-3-10)19-20-15(21)24-12(11-4-7-23-8-11)14-17-9-18-22-14/h2-9,12H,1H3. The minimum Gasteiger partial charge on any atom is -0.338 e. The summed E-state index contributed by atoms with van der Waals surface area (Å²) in [6, 6.07) is 5.87. The highest BCUT2D eigenvalue weighted by molar-refractivity contribution is 7.99. The molecule has 4 aromatic rings. The normalized spacial score (nSPS) is 12.4. The monoisotopic (exact) mass is 356 g/mol. The molecule has 0 saturated carbocycles. The molecule has 7 nitrogen and oxygen atoms in total. The van der Waals surface area contributed by atoms with Crippen molar-refractivity contribution >= 4 is 23.1 Å². The smallest absolute Gasteiger partial charge is 0.244 e. The average molecular weight is 356 g/mol. The van der Waals surface area contributed by atoms with E-state index in [0.29, 0.717) is 5.89 Å². The first-order valence-electron chi connectivity index (χ1n) is 7.08. The van der Waals surface area contributed by atoms with Crippen molar-refractivity contribution in [2.24, 2.45) is 7.05 Å². The van der Waals surface area contributed by atoms with Gasteiger partial charge in [-0.25, -0.2) is 0 Å². The molecule has 24 heavy (non-hydrogen) atoms. The van der Waals surface area contributed by atoms with E-state index in [1.807, 2.05) is 35.2 Å². The summed E-state index contributed by atoms with van der Waals surface area (Å²) >= 11 is 3.16. The first kappa shape index (κ1) is 15.0. The molecule has 0 spiro atoms. The number of rotatable bonds is 5. The molecule has 0 aliphatic rings. The van der Waals surface area contributed by atoms with Crippen LogP contribution in [0.15, 0.2) is 57.4 Å². The first-order valence-corrected chi connectivity index (χ1v) is 8.90. The highest BCUT2D eigenvalue weighted by Gasteiger charge is 2.24. The summed E-state index contributed by atoms with van der Waals surface area (Å²) in [5, 5.41) is 17.1. The fraction of sp³-hybridized carbons (Fsp3) is 0.133. The van der Waals surface area contributed by atoms with Crippen LogP contribution in [0.4, 0.5) is 0 Å². The number of pyridine rings is 1. The molecule has 0 aromatic carbocycles. The van der Waals surface area contributed by atoms with Crippen molar-refractivity contribution in [2.75, 3.05) is 0 Å². The van der Waals surface area contributed by atoms with Crippen LogP contribution in [0.2, 0.25) is 0 Å². The summed E-state index contributed by atoms with van der Waals surface area (Å²) in [4.78, 5) is 8.24. The molecule has 0 bridgehead atoms. The number of thioether (sulfide) groups is 1. The van der Waals surface area contributed by atoms with E-state index >= 15 is 0 Å². The van der Waals surface area contributed by atoms with Crippen molar-refractivity contribution in [3.8, 4) is 11.4 Å². The van der Waals surface area contributed by atoms with E-state index in [9.17, 15) is 0 Å². The summed E-state index contributed by atoms with van der Waals surface area (Å²) in [6.45, 7) is 0. The summed E-state index contributed by atoms with van der Waals surface area (Å²) in [5.41, 5.74) is 2.07. The van der Waals surface area contributed by atoms with Crippen LogP contribution in [0.5, 0.6) is 0 Å². The Hall–Kier alpha value is -2.52. The van der Waals surface area contributed by atoms with Gasteiger partial charge < -0.3 is 9.09 Å². The molecule has 120 valence electrons. The minimum atomic E-state index is -0.119. The van der Waals surface area contributed by atoms with Gasteiger partial charge in [0.2, 0.25) is 5.89 Å². The van der Waals surface area contributed by atoms with Crippen LogP contribution >= 0.6 is 23.1 Å². The van der Waals surface area contributed by atoms with Crippen molar-refractivity contribution in [2.45, 2.75) is 10.4 Å². The number of hydrogen-bond acceptors (Lipinski definition) is 8. The summed E-state index contributed by atoms with van der Waals surface area (Å²) in [5.74, 6) is 1.33. The Morgan fingerprint density at radius 3 is 2.79 bits per heavy atom. The lowest BCUT2D eigenvalue weighted by Gasteiger charge is -2.10. The maximum absolute atomic E-state index is 5.28. The summed E-state index contributed by atoms with van der Waals surface area (Å²) in [7, 11) is 1.94. The van der Waals surface area contributed by atoms with E-state index in [0.717, 1.165) is 22.1 Å². The quantitative estimate of drug-likeness (QED) is 0.508. The fourth-order valence-corrected chi connectivity index (χ4v) is 4.06. The van der Waals surface area contributed by atoms with E-state index in [1.165, 1.54) is 18.1 Å². The second kappa shape index (κ2) is 6.54. The Balaban J connectivity index is 1.68. The zero-order valence-corrected chi connectivity index (χ0v) is 14.2. The van der Waals surface area contributed by atoms with Crippen molar-refractivity contribution in [3.63, 3.8) is 0 Å². The maximum atomic E-state index is 5.28. The van der Waals surface area contributed by atoms with Gasteiger partial charge in [0, 0.05) is 25.0 Å². The molecule has 9 heteroatoms. The predicted octanol–water partition coefficient (Wildman–Crippen LogP) is 3.20. The Morgan fingerprint density at radius 1 is 1.21 bits per heavy atom. The van der Waals surface area contributed by atoms with Crippen LogP contribution in [0.3, 0.4) is 0 Å². The van der Waals surface area contributed by atoms with Gasteiger partial charge in [-0.1, -0.05) is 16.9 Å². The summed E-state index contributed by atoms with van der Waals surface area (Å²) < 4.78 is 7.23. The van der Waals surface area contributed by atoms with E-state index in [1.54, 1.807) is 23.7 Å². The predicted molar refractivity (Wildman–Crippen MR) is 90.6 cm³/mol. The number of nitrogens with zero attached hydrogens (tertiary/aromatic N) is 6. The highest BCUT2D eigenvalue weighted by Crippen LogP contribution is 2.40. The molecule has 1 unspecified atom stereocenters. The van der Waals surface area contributed by atoms with Gasteiger partial charge in [0.15, 0.2) is 17.3 Å². The van der Waals surface area contributed by atoms with Gasteiger partial charge in [0.05, 0.1) is 0 Å². The maximum Gasteiger partial charge on any atom is 0.244 e. The van der Waals surface area contributed by atoms with E-state index in [2.05, 4.69) is 30.7 Å². The molecule has 0 amide bonds. The lowest BCUT2D eigenvalue weighted by molar-refractivity contribution is 0.382. The average Bonchev–Trinajstić information content (AvgIpc) is 3.37. The molecule has 4 rings (SSSR count). The second-order valence-electron chi connectivity index (χ2n) is 4.94. The van der Waals surface area contributed by atoms with Gasteiger partial charge in [0.25, 0.3) is 0 Å². The van der Waals surface area contributed by atoms with Gasteiger partial charge in [0.1, 0.15) is 5.25 Å². The Kier molecular flexibility index (Phi) is 4.09. The molecule has 0 saturated heterocycles. The van der Waals surface area contributed by atoms with Gasteiger partial charge in [-0.05, 0) is 34.5 Å². The van der Waals surface area contributed by atoms with Crippen molar-refractivity contribution in [3.05, 3.63) is 59.1 Å². The third-order valence-corrected chi connectivity index (χ3v) is 5.42. The van der Waals surface area contributed by atoms with Crippen molar-refractivity contribution < 1.29 is 4.52 Å². The molecule has 0 fully saturated rings.